The lowest BCUT2D eigenvalue weighted by molar-refractivity contribution is 0.329. The van der Waals surface area contributed by atoms with Crippen LogP contribution in [0.5, 0.6) is 0 Å². The number of rotatable bonds is 5. The molecule has 5 heteroatoms. The zero-order valence-electron chi connectivity index (χ0n) is 15.7. The van der Waals surface area contributed by atoms with E-state index in [0.717, 1.165) is 23.8 Å². The van der Waals surface area contributed by atoms with Gasteiger partial charge in [0, 0.05) is 42.1 Å². The second kappa shape index (κ2) is 6.91. The van der Waals surface area contributed by atoms with Crippen LogP contribution in [0.3, 0.4) is 0 Å². The first-order valence-electron chi connectivity index (χ1n) is 9.52. The largest absolute Gasteiger partial charge is 0.361 e. The maximum Gasteiger partial charge on any atom is 0.182 e. The SMILES string of the molecule is CC1(CNc2nccs2)Cc2ccc(-n3ccnc3)cc2C1c1ccccc1. The minimum absolute atomic E-state index is 0.0723. The molecule has 2 aromatic heterocycles. The summed E-state index contributed by atoms with van der Waals surface area (Å²) >= 11 is 1.65. The zero-order valence-corrected chi connectivity index (χ0v) is 16.6. The molecule has 0 bridgehead atoms. The minimum Gasteiger partial charge on any atom is -0.361 e. The normalized spacial score (nSPS) is 20.8. The zero-order chi connectivity index (χ0) is 19.0. The molecular weight excluding hydrogens is 364 g/mol. The molecule has 0 saturated heterocycles. The van der Waals surface area contributed by atoms with Crippen LogP contribution in [0.15, 0.2) is 78.8 Å². The van der Waals surface area contributed by atoms with Crippen LogP contribution in [-0.2, 0) is 6.42 Å². The van der Waals surface area contributed by atoms with E-state index in [0.29, 0.717) is 5.92 Å². The van der Waals surface area contributed by atoms with E-state index in [-0.39, 0.29) is 5.41 Å². The summed E-state index contributed by atoms with van der Waals surface area (Å²) in [7, 11) is 0. The van der Waals surface area contributed by atoms with Gasteiger partial charge in [0.1, 0.15) is 0 Å². The van der Waals surface area contributed by atoms with Crippen LogP contribution in [0, 0.1) is 5.41 Å². The molecule has 5 rings (SSSR count). The number of aromatic nitrogens is 3. The Labute approximate surface area is 168 Å². The molecule has 28 heavy (non-hydrogen) atoms. The van der Waals surface area contributed by atoms with Gasteiger partial charge in [-0.2, -0.15) is 0 Å². The number of hydrogen-bond donors (Lipinski definition) is 1. The fourth-order valence-corrected chi connectivity index (χ4v) is 5.01. The first-order chi connectivity index (χ1) is 13.7. The lowest BCUT2D eigenvalue weighted by Gasteiger charge is -2.33. The molecule has 1 N–H and O–H groups in total. The van der Waals surface area contributed by atoms with E-state index < -0.39 is 0 Å². The van der Waals surface area contributed by atoms with Crippen molar-refractivity contribution in [2.45, 2.75) is 19.3 Å². The van der Waals surface area contributed by atoms with E-state index in [1.54, 1.807) is 11.3 Å². The number of anilines is 1. The van der Waals surface area contributed by atoms with Crippen molar-refractivity contribution in [3.8, 4) is 5.69 Å². The number of nitrogens with one attached hydrogen (secondary N) is 1. The van der Waals surface area contributed by atoms with Gasteiger partial charge in [0.05, 0.1) is 6.33 Å². The van der Waals surface area contributed by atoms with E-state index in [2.05, 4.69) is 75.3 Å². The molecule has 2 unspecified atom stereocenters. The predicted octanol–water partition coefficient (Wildman–Crippen LogP) is 5.14. The molecule has 0 aliphatic heterocycles. The van der Waals surface area contributed by atoms with Crippen molar-refractivity contribution in [2.75, 3.05) is 11.9 Å². The first kappa shape index (κ1) is 17.2. The van der Waals surface area contributed by atoms with Gasteiger partial charge in [-0.1, -0.05) is 43.3 Å². The Morgan fingerprint density at radius 1 is 1.18 bits per heavy atom. The second-order valence-electron chi connectivity index (χ2n) is 7.72. The van der Waals surface area contributed by atoms with Crippen LogP contribution < -0.4 is 5.32 Å². The molecule has 0 radical (unpaired) electrons. The Bertz CT molecular complexity index is 1060. The van der Waals surface area contributed by atoms with Crippen LogP contribution in [0.25, 0.3) is 5.69 Å². The Kier molecular flexibility index (Phi) is 4.24. The third kappa shape index (κ3) is 3.02. The van der Waals surface area contributed by atoms with Gasteiger partial charge in [-0.15, -0.1) is 11.3 Å². The number of imidazole rings is 1. The fourth-order valence-electron chi connectivity index (χ4n) is 4.48. The van der Waals surface area contributed by atoms with E-state index in [9.17, 15) is 0 Å². The van der Waals surface area contributed by atoms with Crippen molar-refractivity contribution in [3.05, 3.63) is 95.5 Å². The summed E-state index contributed by atoms with van der Waals surface area (Å²) in [5.74, 6) is 0.333. The highest BCUT2D eigenvalue weighted by atomic mass is 32.1. The summed E-state index contributed by atoms with van der Waals surface area (Å²) < 4.78 is 2.08. The Morgan fingerprint density at radius 3 is 2.82 bits per heavy atom. The van der Waals surface area contributed by atoms with Crippen LogP contribution in [0.4, 0.5) is 5.13 Å². The van der Waals surface area contributed by atoms with Crippen LogP contribution in [-0.4, -0.2) is 21.1 Å². The van der Waals surface area contributed by atoms with E-state index >= 15 is 0 Å². The third-order valence-corrected chi connectivity index (χ3v) is 6.47. The topological polar surface area (TPSA) is 42.7 Å². The molecule has 0 fully saturated rings. The lowest BCUT2D eigenvalue weighted by atomic mass is 9.74. The third-order valence-electron chi connectivity index (χ3n) is 5.74. The Balaban J connectivity index is 1.56. The molecule has 1 aliphatic rings. The average molecular weight is 387 g/mol. The number of nitrogens with zero attached hydrogens (tertiary/aromatic N) is 3. The summed E-state index contributed by atoms with van der Waals surface area (Å²) in [6.45, 7) is 3.28. The summed E-state index contributed by atoms with van der Waals surface area (Å²) in [5, 5.41) is 6.58. The van der Waals surface area contributed by atoms with E-state index in [4.69, 9.17) is 0 Å². The monoisotopic (exact) mass is 386 g/mol. The summed E-state index contributed by atoms with van der Waals surface area (Å²) in [6, 6.07) is 17.7. The molecule has 4 aromatic rings. The molecular formula is C23H22N4S. The minimum atomic E-state index is 0.0723. The predicted molar refractivity (Wildman–Crippen MR) is 114 cm³/mol. The quantitative estimate of drug-likeness (QED) is 0.517. The molecule has 1 aliphatic carbocycles. The molecule has 140 valence electrons. The standard InChI is InChI=1S/C23H22N4S/c1-23(15-26-22-25-10-12-28-22)14-18-7-8-19(27-11-9-24-16-27)13-20(18)21(23)17-5-3-2-4-6-17/h2-13,16,21H,14-15H2,1H3,(H,25,26). The Morgan fingerprint density at radius 2 is 2.07 bits per heavy atom. The average Bonchev–Trinajstić information content (AvgIpc) is 3.46. The van der Waals surface area contributed by atoms with Gasteiger partial charge < -0.3 is 9.88 Å². The molecule has 4 nitrogen and oxygen atoms in total. The van der Waals surface area contributed by atoms with Gasteiger partial charge in [0.15, 0.2) is 5.13 Å². The van der Waals surface area contributed by atoms with Crippen molar-refractivity contribution in [2.24, 2.45) is 5.41 Å². The van der Waals surface area contributed by atoms with Gasteiger partial charge in [-0.05, 0) is 40.7 Å². The highest BCUT2D eigenvalue weighted by molar-refractivity contribution is 7.13. The van der Waals surface area contributed by atoms with Gasteiger partial charge in [-0.3, -0.25) is 0 Å². The van der Waals surface area contributed by atoms with Crippen molar-refractivity contribution in [1.82, 2.24) is 14.5 Å². The number of thiazole rings is 1. The highest BCUT2D eigenvalue weighted by Gasteiger charge is 2.43. The first-order valence-corrected chi connectivity index (χ1v) is 10.4. The number of benzene rings is 2. The maximum atomic E-state index is 4.40. The molecule has 0 saturated carbocycles. The summed E-state index contributed by atoms with van der Waals surface area (Å²) in [4.78, 5) is 8.60. The second-order valence-corrected chi connectivity index (χ2v) is 8.61. The summed E-state index contributed by atoms with van der Waals surface area (Å²) in [5.41, 5.74) is 5.45. The van der Waals surface area contributed by atoms with Crippen molar-refractivity contribution in [3.63, 3.8) is 0 Å². The van der Waals surface area contributed by atoms with Crippen molar-refractivity contribution < 1.29 is 0 Å². The molecule has 0 amide bonds. The Hall–Kier alpha value is -2.92. The molecule has 2 aromatic carbocycles. The van der Waals surface area contributed by atoms with Gasteiger partial charge in [-0.25, -0.2) is 9.97 Å². The molecule has 2 heterocycles. The fraction of sp³-hybridized carbons (Fsp3) is 0.217. The van der Waals surface area contributed by atoms with Crippen molar-refractivity contribution >= 4 is 16.5 Å². The van der Waals surface area contributed by atoms with Crippen LogP contribution in [0.1, 0.15) is 29.5 Å². The smallest absolute Gasteiger partial charge is 0.182 e. The van der Waals surface area contributed by atoms with Crippen LogP contribution >= 0.6 is 11.3 Å². The maximum absolute atomic E-state index is 4.40. The van der Waals surface area contributed by atoms with Crippen LogP contribution in [0.2, 0.25) is 0 Å². The van der Waals surface area contributed by atoms with Crippen molar-refractivity contribution in [1.29, 1.82) is 0 Å². The number of fused-ring (bicyclic) bond motifs is 1. The number of hydrogen-bond acceptors (Lipinski definition) is 4. The summed E-state index contributed by atoms with van der Waals surface area (Å²) in [6.07, 6.45) is 8.58. The van der Waals surface area contributed by atoms with E-state index in [1.165, 1.54) is 16.7 Å². The van der Waals surface area contributed by atoms with Gasteiger partial charge >= 0.3 is 0 Å². The van der Waals surface area contributed by atoms with E-state index in [1.807, 2.05) is 30.3 Å². The molecule has 0 spiro atoms. The molecule has 2 atom stereocenters. The highest BCUT2D eigenvalue weighted by Crippen LogP contribution is 2.51. The lowest BCUT2D eigenvalue weighted by Crippen LogP contribution is -2.31. The van der Waals surface area contributed by atoms with Gasteiger partial charge in [0.2, 0.25) is 0 Å². The van der Waals surface area contributed by atoms with Gasteiger partial charge in [0.25, 0.3) is 0 Å².